The number of aliphatic imine (C=N–C) groups is 1. The minimum Gasteiger partial charge on any atom is -0.506 e. The maximum absolute atomic E-state index is 11.0. The molecule has 0 heterocycles. The number of phenols is 1. The van der Waals surface area contributed by atoms with Crippen LogP contribution in [0, 0.1) is 0 Å². The van der Waals surface area contributed by atoms with E-state index in [1.165, 1.54) is 12.1 Å². The third-order valence-electron chi connectivity index (χ3n) is 1.68. The Labute approximate surface area is 97.6 Å². The number of hydrogen-bond donors (Lipinski definition) is 3. The fourth-order valence-electron chi connectivity index (χ4n) is 0.954. The average Bonchev–Trinajstić information content (AvgIpc) is 2.19. The van der Waals surface area contributed by atoms with Gasteiger partial charge < -0.3 is 10.8 Å². The second-order valence-corrected chi connectivity index (χ2v) is 4.76. The summed E-state index contributed by atoms with van der Waals surface area (Å²) in [4.78, 5) is 3.58. The summed E-state index contributed by atoms with van der Waals surface area (Å²) in [6.45, 7) is 0. The van der Waals surface area contributed by atoms with Crippen LogP contribution in [0.4, 0.5) is 5.69 Å². The lowest BCUT2D eigenvalue weighted by atomic mass is 10.3. The van der Waals surface area contributed by atoms with Crippen molar-refractivity contribution in [3.63, 3.8) is 0 Å². The molecule has 0 aliphatic heterocycles. The van der Waals surface area contributed by atoms with Gasteiger partial charge in [-0.1, -0.05) is 0 Å². The van der Waals surface area contributed by atoms with Crippen molar-refractivity contribution in [1.29, 1.82) is 0 Å². The Balaban J connectivity index is 3.30. The minimum atomic E-state index is -3.84. The molecule has 0 fully saturated rings. The van der Waals surface area contributed by atoms with E-state index < -0.39 is 10.0 Å². The van der Waals surface area contributed by atoms with E-state index in [2.05, 4.69) is 4.99 Å². The molecule has 1 aromatic rings. The van der Waals surface area contributed by atoms with Crippen LogP contribution in [0.25, 0.3) is 0 Å². The lowest BCUT2D eigenvalue weighted by Crippen LogP contribution is -2.13. The molecule has 0 aromatic heterocycles. The van der Waals surface area contributed by atoms with Gasteiger partial charge >= 0.3 is 0 Å². The highest BCUT2D eigenvalue weighted by Gasteiger charge is 2.10. The summed E-state index contributed by atoms with van der Waals surface area (Å²) in [5.41, 5.74) is 5.36. The van der Waals surface area contributed by atoms with Crippen molar-refractivity contribution in [2.75, 3.05) is 5.88 Å². The molecule has 0 saturated carbocycles. The number of phenolic OH excluding ortho intramolecular Hbond substituents is 1. The molecule has 6 nitrogen and oxygen atoms in total. The van der Waals surface area contributed by atoms with Crippen LogP contribution in [0.1, 0.15) is 0 Å². The highest BCUT2D eigenvalue weighted by molar-refractivity contribution is 7.89. The second kappa shape index (κ2) is 4.69. The molecule has 16 heavy (non-hydrogen) atoms. The number of hydrogen-bond acceptors (Lipinski definition) is 4. The van der Waals surface area contributed by atoms with E-state index in [0.29, 0.717) is 0 Å². The van der Waals surface area contributed by atoms with Gasteiger partial charge in [-0.3, -0.25) is 0 Å². The van der Waals surface area contributed by atoms with Crippen LogP contribution in [-0.4, -0.2) is 25.2 Å². The molecule has 0 spiro atoms. The molecule has 0 saturated heterocycles. The van der Waals surface area contributed by atoms with Gasteiger partial charge in [0, 0.05) is 0 Å². The van der Waals surface area contributed by atoms with E-state index >= 15 is 0 Å². The highest BCUT2D eigenvalue weighted by atomic mass is 35.5. The Morgan fingerprint density at radius 3 is 2.62 bits per heavy atom. The van der Waals surface area contributed by atoms with E-state index in [1.807, 2.05) is 0 Å². The molecule has 0 aliphatic rings. The average molecular weight is 264 g/mol. The fourth-order valence-corrected chi connectivity index (χ4v) is 1.55. The zero-order valence-corrected chi connectivity index (χ0v) is 9.66. The maximum Gasteiger partial charge on any atom is 0.238 e. The molecule has 0 amide bonds. The van der Waals surface area contributed by atoms with E-state index in [0.717, 1.165) is 6.07 Å². The van der Waals surface area contributed by atoms with Gasteiger partial charge in [-0.05, 0) is 18.2 Å². The standard InChI is InChI=1S/C8H10ClN3O3S/c9-4-8(10)12-6-3-5(16(11,14)15)1-2-7(6)13/h1-3,13H,4H2,(H2,10,12)(H2,11,14,15). The summed E-state index contributed by atoms with van der Waals surface area (Å²) in [6.07, 6.45) is 0. The number of nitrogens with zero attached hydrogens (tertiary/aromatic N) is 1. The van der Waals surface area contributed by atoms with Gasteiger partial charge in [0.15, 0.2) is 0 Å². The van der Waals surface area contributed by atoms with Crippen LogP contribution in [0.2, 0.25) is 0 Å². The third kappa shape index (κ3) is 3.09. The van der Waals surface area contributed by atoms with Crippen molar-refractivity contribution >= 4 is 33.1 Å². The number of amidine groups is 1. The summed E-state index contributed by atoms with van der Waals surface area (Å²) < 4.78 is 22.1. The summed E-state index contributed by atoms with van der Waals surface area (Å²) >= 11 is 5.40. The predicted molar refractivity (Wildman–Crippen MR) is 61.5 cm³/mol. The normalized spacial score (nSPS) is 12.8. The molecule has 0 bridgehead atoms. The Kier molecular flexibility index (Phi) is 3.74. The summed E-state index contributed by atoms with van der Waals surface area (Å²) in [5, 5.41) is 14.3. The summed E-state index contributed by atoms with van der Waals surface area (Å²) in [6, 6.07) is 3.45. The number of sulfonamides is 1. The number of alkyl halides is 1. The molecule has 5 N–H and O–H groups in total. The van der Waals surface area contributed by atoms with E-state index in [-0.39, 0.29) is 28.0 Å². The third-order valence-corrected chi connectivity index (χ3v) is 2.86. The molecule has 0 aliphatic carbocycles. The topological polar surface area (TPSA) is 119 Å². The summed E-state index contributed by atoms with van der Waals surface area (Å²) in [7, 11) is -3.84. The van der Waals surface area contributed by atoms with Crippen LogP contribution in [0.15, 0.2) is 28.1 Å². The number of benzene rings is 1. The van der Waals surface area contributed by atoms with Crippen LogP contribution in [0.3, 0.4) is 0 Å². The summed E-state index contributed by atoms with van der Waals surface area (Å²) in [5.74, 6) is -0.178. The number of rotatable bonds is 3. The van der Waals surface area contributed by atoms with Gasteiger partial charge in [-0.15, -0.1) is 11.6 Å². The second-order valence-electron chi connectivity index (χ2n) is 2.93. The molecule has 8 heteroatoms. The molecule has 0 atom stereocenters. The Morgan fingerprint density at radius 2 is 2.12 bits per heavy atom. The largest absolute Gasteiger partial charge is 0.506 e. The van der Waals surface area contributed by atoms with Gasteiger partial charge in [0.05, 0.1) is 10.8 Å². The first kappa shape index (κ1) is 12.8. The quantitative estimate of drug-likeness (QED) is 0.412. The first-order valence-corrected chi connectivity index (χ1v) is 6.17. The van der Waals surface area contributed by atoms with Gasteiger partial charge in [0.2, 0.25) is 10.0 Å². The zero-order chi connectivity index (χ0) is 12.3. The predicted octanol–water partition coefficient (Wildman–Crippen LogP) is 0.267. The van der Waals surface area contributed by atoms with Crippen molar-refractivity contribution in [3.05, 3.63) is 18.2 Å². The van der Waals surface area contributed by atoms with Crippen molar-refractivity contribution in [1.82, 2.24) is 0 Å². The van der Waals surface area contributed by atoms with Crippen LogP contribution in [0.5, 0.6) is 5.75 Å². The maximum atomic E-state index is 11.0. The van der Waals surface area contributed by atoms with Gasteiger partial charge in [0.25, 0.3) is 0 Å². The SMILES string of the molecule is NC(CCl)=Nc1cc(S(N)(=O)=O)ccc1O. The smallest absolute Gasteiger partial charge is 0.238 e. The number of halogens is 1. The van der Waals surface area contributed by atoms with Crippen molar-refractivity contribution < 1.29 is 13.5 Å². The monoisotopic (exact) mass is 263 g/mol. The number of nitrogens with two attached hydrogens (primary N) is 2. The first-order chi connectivity index (χ1) is 7.34. The molecule has 1 aromatic carbocycles. The molecule has 0 radical (unpaired) electrons. The molecular weight excluding hydrogens is 254 g/mol. The van der Waals surface area contributed by atoms with Crippen LogP contribution >= 0.6 is 11.6 Å². The molecule has 0 unspecified atom stereocenters. The lowest BCUT2D eigenvalue weighted by Gasteiger charge is -2.03. The van der Waals surface area contributed by atoms with Gasteiger partial charge in [-0.25, -0.2) is 18.5 Å². The zero-order valence-electron chi connectivity index (χ0n) is 8.09. The Hall–Kier alpha value is -1.31. The van der Waals surface area contributed by atoms with Gasteiger partial charge in [0.1, 0.15) is 17.3 Å². The Morgan fingerprint density at radius 1 is 1.50 bits per heavy atom. The lowest BCUT2D eigenvalue weighted by molar-refractivity contribution is 0.476. The van der Waals surface area contributed by atoms with E-state index in [4.69, 9.17) is 22.5 Å². The van der Waals surface area contributed by atoms with Crippen molar-refractivity contribution in [2.45, 2.75) is 4.90 Å². The first-order valence-electron chi connectivity index (χ1n) is 4.09. The Bertz CT molecular complexity index is 527. The highest BCUT2D eigenvalue weighted by Crippen LogP contribution is 2.28. The van der Waals surface area contributed by atoms with Crippen molar-refractivity contribution in [2.24, 2.45) is 15.9 Å². The molecular formula is C8H10ClN3O3S. The molecule has 88 valence electrons. The number of aromatic hydroxyl groups is 1. The van der Waals surface area contributed by atoms with Gasteiger partial charge in [-0.2, -0.15) is 0 Å². The van der Waals surface area contributed by atoms with Crippen LogP contribution in [-0.2, 0) is 10.0 Å². The van der Waals surface area contributed by atoms with Crippen LogP contribution < -0.4 is 10.9 Å². The van der Waals surface area contributed by atoms with E-state index in [1.54, 1.807) is 0 Å². The minimum absolute atomic E-state index is 0.00433. The molecule has 1 rings (SSSR count). The van der Waals surface area contributed by atoms with Crippen molar-refractivity contribution in [3.8, 4) is 5.75 Å². The van der Waals surface area contributed by atoms with E-state index in [9.17, 15) is 13.5 Å². The number of primary sulfonamides is 1. The fraction of sp³-hybridized carbons (Fsp3) is 0.125.